The zero-order valence-corrected chi connectivity index (χ0v) is 42.6. The molecule has 390 valence electrons. The smallest absolute Gasteiger partial charge is 0.462 e. The van der Waals surface area contributed by atoms with Crippen LogP contribution in [0.25, 0.3) is 0 Å². The van der Waals surface area contributed by atoms with Crippen molar-refractivity contribution in [3.63, 3.8) is 0 Å². The lowest BCUT2D eigenvalue weighted by molar-refractivity contribution is -0.220. The van der Waals surface area contributed by atoms with Crippen molar-refractivity contribution in [2.24, 2.45) is 0 Å². The average Bonchev–Trinajstić information content (AvgIpc) is 3.31. The number of ether oxygens (including phenoxy) is 2. The first kappa shape index (κ1) is 62.8. The number of unbranched alkanes of at least 4 members (excludes halogenated alkanes) is 24. The van der Waals surface area contributed by atoms with Gasteiger partial charge < -0.3 is 39.9 Å². The number of rotatable bonds is 44. The maximum atomic E-state index is 12.9. The van der Waals surface area contributed by atoms with Crippen molar-refractivity contribution >= 4 is 19.8 Å². The topological polar surface area (TPSA) is 210 Å². The third-order valence-electron chi connectivity index (χ3n) is 12.2. The van der Waals surface area contributed by atoms with Gasteiger partial charge in [0.2, 0.25) is 0 Å². The van der Waals surface area contributed by atoms with E-state index < -0.39 is 75.7 Å². The second-order valence-corrected chi connectivity index (χ2v) is 19.8. The molecule has 0 radical (unpaired) electrons. The molecule has 14 heteroatoms. The molecule has 67 heavy (non-hydrogen) atoms. The Morgan fingerprint density at radius 1 is 0.463 bits per heavy atom. The van der Waals surface area contributed by atoms with E-state index >= 15 is 0 Å². The number of phosphoric acid groups is 1. The summed E-state index contributed by atoms with van der Waals surface area (Å²) in [6.45, 7) is 3.24. The lowest BCUT2D eigenvalue weighted by atomic mass is 9.85. The number of esters is 2. The minimum absolute atomic E-state index is 0.0596. The number of hydrogen-bond donors (Lipinski definition) is 6. The molecule has 13 nitrogen and oxygen atoms in total. The number of phosphoric ester groups is 1. The number of hydrogen-bond acceptors (Lipinski definition) is 12. The summed E-state index contributed by atoms with van der Waals surface area (Å²) in [5.41, 5.74) is 0. The van der Waals surface area contributed by atoms with Crippen LogP contribution in [0.2, 0.25) is 0 Å². The monoisotopic (exact) mass is 971 g/mol. The quantitative estimate of drug-likeness (QED) is 0.0145. The highest BCUT2D eigenvalue weighted by Crippen LogP contribution is 2.47. The van der Waals surface area contributed by atoms with Gasteiger partial charge in [0.25, 0.3) is 0 Å². The Hall–Kier alpha value is -2.19. The summed E-state index contributed by atoms with van der Waals surface area (Å²) in [5, 5.41) is 50.3. The van der Waals surface area contributed by atoms with Gasteiger partial charge in [-0.05, 0) is 51.4 Å². The summed E-state index contributed by atoms with van der Waals surface area (Å²) in [6, 6.07) is 0. The second-order valence-electron chi connectivity index (χ2n) is 18.4. The third kappa shape index (κ3) is 34.7. The molecule has 1 saturated carbocycles. The van der Waals surface area contributed by atoms with Gasteiger partial charge in [-0.25, -0.2) is 4.57 Å². The minimum atomic E-state index is -5.13. The molecule has 1 aliphatic rings. The molecule has 0 aromatic carbocycles. The zero-order chi connectivity index (χ0) is 49.2. The summed E-state index contributed by atoms with van der Waals surface area (Å²) in [4.78, 5) is 35.8. The van der Waals surface area contributed by atoms with Crippen LogP contribution in [-0.2, 0) is 32.7 Å². The summed E-state index contributed by atoms with van der Waals surface area (Å²) < 4.78 is 33.6. The Kier molecular flexibility index (Phi) is 40.0. The fourth-order valence-corrected chi connectivity index (χ4v) is 8.90. The van der Waals surface area contributed by atoms with Gasteiger partial charge in [-0.1, -0.05) is 204 Å². The van der Waals surface area contributed by atoms with Gasteiger partial charge in [-0.2, -0.15) is 0 Å². The predicted molar refractivity (Wildman–Crippen MR) is 267 cm³/mol. The molecular formula is C53H95O13P. The Bertz CT molecular complexity index is 1350. The van der Waals surface area contributed by atoms with E-state index in [1.54, 1.807) is 0 Å². The second kappa shape index (κ2) is 42.7. The molecule has 8 atom stereocenters. The molecule has 6 unspecified atom stereocenters. The van der Waals surface area contributed by atoms with E-state index in [-0.39, 0.29) is 12.8 Å². The van der Waals surface area contributed by atoms with Crippen LogP contribution in [0.3, 0.4) is 0 Å². The van der Waals surface area contributed by atoms with Crippen LogP contribution in [0.5, 0.6) is 0 Å². The van der Waals surface area contributed by atoms with E-state index in [4.69, 9.17) is 18.5 Å². The maximum absolute atomic E-state index is 12.9. The Morgan fingerprint density at radius 2 is 0.836 bits per heavy atom. The van der Waals surface area contributed by atoms with Crippen molar-refractivity contribution in [1.29, 1.82) is 0 Å². The largest absolute Gasteiger partial charge is 0.472 e. The van der Waals surface area contributed by atoms with Gasteiger partial charge in [0.1, 0.15) is 43.2 Å². The molecule has 0 spiro atoms. The van der Waals surface area contributed by atoms with Crippen molar-refractivity contribution < 1.29 is 63.1 Å². The van der Waals surface area contributed by atoms with Crippen LogP contribution in [0, 0.1) is 0 Å². The highest BCUT2D eigenvalue weighted by atomic mass is 31.2. The molecule has 0 aromatic heterocycles. The third-order valence-corrected chi connectivity index (χ3v) is 13.1. The van der Waals surface area contributed by atoms with Crippen LogP contribution in [0.15, 0.2) is 48.6 Å². The molecule has 6 N–H and O–H groups in total. The van der Waals surface area contributed by atoms with Gasteiger partial charge in [0, 0.05) is 12.8 Å². The summed E-state index contributed by atoms with van der Waals surface area (Å²) in [5.74, 6) is -1.13. The molecule has 0 aliphatic heterocycles. The summed E-state index contributed by atoms with van der Waals surface area (Å²) >= 11 is 0. The average molecular weight is 971 g/mol. The van der Waals surface area contributed by atoms with E-state index in [1.165, 1.54) is 116 Å². The van der Waals surface area contributed by atoms with Crippen LogP contribution in [0.1, 0.15) is 219 Å². The van der Waals surface area contributed by atoms with Gasteiger partial charge >= 0.3 is 19.8 Å². The lowest BCUT2D eigenvalue weighted by Gasteiger charge is -2.41. The van der Waals surface area contributed by atoms with E-state index in [9.17, 15) is 44.6 Å². The van der Waals surface area contributed by atoms with Crippen LogP contribution < -0.4 is 0 Å². The summed E-state index contributed by atoms with van der Waals surface area (Å²) in [7, 11) is -5.13. The van der Waals surface area contributed by atoms with Crippen molar-refractivity contribution in [3.8, 4) is 0 Å². The summed E-state index contributed by atoms with van der Waals surface area (Å²) in [6.07, 6.45) is 38.7. The maximum Gasteiger partial charge on any atom is 0.472 e. The fraction of sp³-hybridized carbons (Fsp3) is 0.811. The minimum Gasteiger partial charge on any atom is -0.462 e. The fourth-order valence-electron chi connectivity index (χ4n) is 7.93. The molecular weight excluding hydrogens is 876 g/mol. The van der Waals surface area contributed by atoms with Crippen molar-refractivity contribution in [2.45, 2.75) is 262 Å². The molecule has 0 bridgehead atoms. The first-order chi connectivity index (χ1) is 32.4. The SMILES string of the molecule is CCC/C=C/C/C=C/C/C=C/C/C=C/CCCCCC(=O)O[C@@H](COC(=O)CCCCCCCCCCCCCCCCCCCCCCC)COP(=O)(O)OC1C(O)C(O)C(O)[C@H](O)C1O. The number of aliphatic hydroxyl groups excluding tert-OH is 5. The first-order valence-electron chi connectivity index (χ1n) is 26.4. The van der Waals surface area contributed by atoms with Crippen molar-refractivity contribution in [3.05, 3.63) is 48.6 Å². The van der Waals surface area contributed by atoms with Gasteiger partial charge in [0.05, 0.1) is 6.61 Å². The molecule has 0 aromatic rings. The normalized spacial score (nSPS) is 21.5. The van der Waals surface area contributed by atoms with Crippen LogP contribution in [0.4, 0.5) is 0 Å². The van der Waals surface area contributed by atoms with Crippen LogP contribution >= 0.6 is 7.82 Å². The molecule has 0 amide bonds. The molecule has 1 fully saturated rings. The number of carbonyl (C=O) groups is 2. The van der Waals surface area contributed by atoms with Crippen LogP contribution in [-0.4, -0.2) is 98.3 Å². The highest BCUT2D eigenvalue weighted by Gasteiger charge is 2.51. The number of aliphatic hydroxyl groups is 5. The van der Waals surface area contributed by atoms with E-state index in [0.717, 1.165) is 64.2 Å². The molecule has 1 aliphatic carbocycles. The first-order valence-corrected chi connectivity index (χ1v) is 27.9. The molecule has 0 saturated heterocycles. The van der Waals surface area contributed by atoms with E-state index in [0.29, 0.717) is 12.8 Å². The van der Waals surface area contributed by atoms with Gasteiger partial charge in [0.15, 0.2) is 6.10 Å². The van der Waals surface area contributed by atoms with E-state index in [2.05, 4.69) is 62.5 Å². The highest BCUT2D eigenvalue weighted by molar-refractivity contribution is 7.47. The zero-order valence-electron chi connectivity index (χ0n) is 41.7. The standard InChI is InChI=1S/C53H95O13P/c1-3-5-7-9-11-13-15-17-19-21-22-23-24-26-27-29-31-33-35-37-39-41-46(54)63-43-45(44-64-67(61,62)66-53-51(59)49(57)48(56)50(58)52(53)60)65-47(55)42-40-38-36-34-32-30-28-25-20-18-16-14-12-10-8-6-4-2/h8,10,14,16,20,25,30,32,45,48-53,56-60H,3-7,9,11-13,15,17-19,21-24,26-29,31,33-44H2,1-2H3,(H,61,62)/b10-8+,16-14+,25-20+,32-30+/t45-,48?,49-,50?,51?,52?,53?/m0/s1. The lowest BCUT2D eigenvalue weighted by Crippen LogP contribution is -2.64. The molecule has 0 heterocycles. The Morgan fingerprint density at radius 3 is 1.28 bits per heavy atom. The van der Waals surface area contributed by atoms with Crippen molar-refractivity contribution in [2.75, 3.05) is 13.2 Å². The van der Waals surface area contributed by atoms with Crippen molar-refractivity contribution in [1.82, 2.24) is 0 Å². The van der Waals surface area contributed by atoms with Gasteiger partial charge in [-0.15, -0.1) is 0 Å². The predicted octanol–water partition coefficient (Wildman–Crippen LogP) is 11.5. The number of allylic oxidation sites excluding steroid dienone is 8. The Balaban J connectivity index is 2.39. The number of carbonyl (C=O) groups excluding carboxylic acids is 2. The van der Waals surface area contributed by atoms with E-state index in [1.807, 2.05) is 0 Å². The van der Waals surface area contributed by atoms with Gasteiger partial charge in [-0.3, -0.25) is 18.6 Å². The Labute approximate surface area is 405 Å². The molecule has 1 rings (SSSR count).